The van der Waals surface area contributed by atoms with Crippen molar-refractivity contribution in [3.63, 3.8) is 0 Å². The monoisotopic (exact) mass is 199 g/mol. The Balaban J connectivity index is 3.10. The van der Waals surface area contributed by atoms with Gasteiger partial charge in [-0.15, -0.1) is 0 Å². The molecule has 1 saturated heterocycles. The second kappa shape index (κ2) is 3.26. The number of nitrogens with zero attached hydrogens (tertiary/aromatic N) is 1. The summed E-state index contributed by atoms with van der Waals surface area (Å²) < 4.78 is 0. The normalized spacial score (nSPS) is 27.8. The molecule has 1 rings (SSSR count). The number of carboxylic acid groups (broad SMARTS) is 1. The van der Waals surface area contributed by atoms with Crippen LogP contribution in [0.2, 0.25) is 0 Å². The first kappa shape index (κ1) is 11.0. The van der Waals surface area contributed by atoms with Gasteiger partial charge >= 0.3 is 6.09 Å². The highest BCUT2D eigenvalue weighted by Crippen LogP contribution is 2.42. The van der Waals surface area contributed by atoms with Gasteiger partial charge in [-0.25, -0.2) is 4.79 Å². The molecule has 0 aromatic carbocycles. The van der Waals surface area contributed by atoms with Crippen LogP contribution >= 0.6 is 0 Å². The lowest BCUT2D eigenvalue weighted by atomic mass is 9.73. The Kier molecular flexibility index (Phi) is 2.56. The van der Waals surface area contributed by atoms with Crippen molar-refractivity contribution in [2.45, 2.75) is 39.2 Å². The summed E-state index contributed by atoms with van der Waals surface area (Å²) in [7, 11) is 0. The fraction of sp³-hybridized carbons (Fsp3) is 0.800. The lowest BCUT2D eigenvalue weighted by Crippen LogP contribution is -2.56. The van der Waals surface area contributed by atoms with Gasteiger partial charge in [0.05, 0.1) is 0 Å². The van der Waals surface area contributed by atoms with Crippen LogP contribution in [-0.2, 0) is 4.79 Å². The highest BCUT2D eigenvalue weighted by atomic mass is 16.4. The molecule has 0 aromatic heterocycles. The van der Waals surface area contributed by atoms with Crippen molar-refractivity contribution in [1.82, 2.24) is 4.90 Å². The molecule has 0 aliphatic carbocycles. The Morgan fingerprint density at radius 2 is 2.07 bits per heavy atom. The molecular weight excluding hydrogens is 182 g/mol. The van der Waals surface area contributed by atoms with Crippen molar-refractivity contribution >= 4 is 12.4 Å². The van der Waals surface area contributed by atoms with E-state index in [4.69, 9.17) is 5.11 Å². The van der Waals surface area contributed by atoms with E-state index >= 15 is 0 Å². The van der Waals surface area contributed by atoms with Gasteiger partial charge in [-0.3, -0.25) is 4.90 Å². The number of carbonyl (C=O) groups is 2. The average molecular weight is 199 g/mol. The van der Waals surface area contributed by atoms with E-state index in [1.54, 1.807) is 0 Å². The topological polar surface area (TPSA) is 57.6 Å². The molecule has 1 atom stereocenters. The molecule has 1 aliphatic heterocycles. The van der Waals surface area contributed by atoms with E-state index in [-0.39, 0.29) is 5.41 Å². The predicted octanol–water partition coefficient (Wildman–Crippen LogP) is 1.74. The zero-order chi connectivity index (χ0) is 11.0. The number of likely N-dealkylation sites (tertiary alicyclic amines) is 1. The van der Waals surface area contributed by atoms with Crippen molar-refractivity contribution in [2.75, 3.05) is 6.54 Å². The van der Waals surface area contributed by atoms with Crippen LogP contribution in [0.15, 0.2) is 0 Å². The molecule has 4 heteroatoms. The minimum Gasteiger partial charge on any atom is -0.465 e. The third kappa shape index (κ3) is 1.38. The molecule has 4 nitrogen and oxygen atoms in total. The Bertz CT molecular complexity index is 257. The van der Waals surface area contributed by atoms with Crippen molar-refractivity contribution < 1.29 is 14.7 Å². The van der Waals surface area contributed by atoms with Gasteiger partial charge in [0.1, 0.15) is 11.8 Å². The van der Waals surface area contributed by atoms with Crippen molar-refractivity contribution in [2.24, 2.45) is 5.41 Å². The molecule has 0 bridgehead atoms. The summed E-state index contributed by atoms with van der Waals surface area (Å²) in [6, 6.07) is 0. The van der Waals surface area contributed by atoms with Crippen LogP contribution in [0.25, 0.3) is 0 Å². The third-order valence-electron chi connectivity index (χ3n) is 3.15. The Morgan fingerprint density at radius 3 is 2.36 bits per heavy atom. The van der Waals surface area contributed by atoms with E-state index in [0.717, 1.165) is 12.7 Å². The molecule has 0 saturated carbocycles. The molecule has 1 aliphatic rings. The van der Waals surface area contributed by atoms with Crippen molar-refractivity contribution in [3.8, 4) is 0 Å². The van der Waals surface area contributed by atoms with Gasteiger partial charge < -0.3 is 9.90 Å². The molecule has 1 heterocycles. The molecule has 1 N–H and O–H groups in total. The summed E-state index contributed by atoms with van der Waals surface area (Å²) in [5.41, 5.74) is -1.18. The Hall–Kier alpha value is -1.06. The number of carbonyl (C=O) groups excluding carboxylic acids is 1. The molecule has 1 amide bonds. The van der Waals surface area contributed by atoms with Gasteiger partial charge in [0.25, 0.3) is 0 Å². The summed E-state index contributed by atoms with van der Waals surface area (Å²) in [5, 5.41) is 9.01. The number of hydrogen-bond acceptors (Lipinski definition) is 2. The highest BCUT2D eigenvalue weighted by Gasteiger charge is 2.51. The standard InChI is InChI=1S/C10H17NO3/c1-9(2,3)10(7-12)5-4-6-11(10)8(13)14/h7H,4-6H2,1-3H3,(H,13,14). The Morgan fingerprint density at radius 1 is 1.50 bits per heavy atom. The summed E-state index contributed by atoms with van der Waals surface area (Å²) in [6.45, 7) is 6.18. The lowest BCUT2D eigenvalue weighted by Gasteiger charge is -2.42. The molecule has 14 heavy (non-hydrogen) atoms. The van der Waals surface area contributed by atoms with Gasteiger partial charge in [-0.1, -0.05) is 20.8 Å². The first-order valence-electron chi connectivity index (χ1n) is 4.82. The molecule has 1 unspecified atom stereocenters. The van der Waals surface area contributed by atoms with E-state index in [9.17, 15) is 9.59 Å². The number of aldehydes is 1. The molecule has 0 spiro atoms. The lowest BCUT2D eigenvalue weighted by molar-refractivity contribution is -0.122. The minimum atomic E-state index is -0.996. The molecule has 0 radical (unpaired) electrons. The summed E-state index contributed by atoms with van der Waals surface area (Å²) in [5.74, 6) is 0. The fourth-order valence-electron chi connectivity index (χ4n) is 2.19. The van der Waals surface area contributed by atoms with Crippen LogP contribution in [0.1, 0.15) is 33.6 Å². The van der Waals surface area contributed by atoms with Gasteiger partial charge in [0.15, 0.2) is 0 Å². The maximum Gasteiger partial charge on any atom is 0.408 e. The van der Waals surface area contributed by atoms with Crippen LogP contribution in [0.3, 0.4) is 0 Å². The largest absolute Gasteiger partial charge is 0.465 e. The van der Waals surface area contributed by atoms with E-state index in [0.29, 0.717) is 13.0 Å². The van der Waals surface area contributed by atoms with Gasteiger partial charge in [-0.05, 0) is 18.3 Å². The molecular formula is C10H17NO3. The highest BCUT2D eigenvalue weighted by molar-refractivity contribution is 5.77. The van der Waals surface area contributed by atoms with Crippen molar-refractivity contribution in [1.29, 1.82) is 0 Å². The second-order valence-corrected chi connectivity index (χ2v) is 4.83. The predicted molar refractivity (Wildman–Crippen MR) is 52.2 cm³/mol. The summed E-state index contributed by atoms with van der Waals surface area (Å²) in [4.78, 5) is 23.5. The number of amides is 1. The SMILES string of the molecule is CC(C)(C)C1(C=O)CCCN1C(=O)O. The van der Waals surface area contributed by atoms with Gasteiger partial charge in [0, 0.05) is 6.54 Å². The first-order chi connectivity index (χ1) is 6.35. The van der Waals surface area contributed by atoms with Crippen LogP contribution in [-0.4, -0.2) is 34.5 Å². The zero-order valence-corrected chi connectivity index (χ0v) is 8.91. The Labute approximate surface area is 83.9 Å². The first-order valence-corrected chi connectivity index (χ1v) is 4.82. The van der Waals surface area contributed by atoms with Crippen LogP contribution in [0.4, 0.5) is 4.79 Å². The average Bonchev–Trinajstić information content (AvgIpc) is 2.46. The second-order valence-electron chi connectivity index (χ2n) is 4.83. The maximum atomic E-state index is 11.2. The van der Waals surface area contributed by atoms with Gasteiger partial charge in [0.2, 0.25) is 0 Å². The van der Waals surface area contributed by atoms with E-state index < -0.39 is 11.6 Å². The number of rotatable bonds is 1. The van der Waals surface area contributed by atoms with Gasteiger partial charge in [-0.2, -0.15) is 0 Å². The van der Waals surface area contributed by atoms with E-state index in [2.05, 4.69) is 0 Å². The molecule has 0 aromatic rings. The van der Waals surface area contributed by atoms with Crippen LogP contribution in [0.5, 0.6) is 0 Å². The summed E-state index contributed by atoms with van der Waals surface area (Å²) in [6.07, 6.45) is 1.20. The van der Waals surface area contributed by atoms with Crippen molar-refractivity contribution in [3.05, 3.63) is 0 Å². The quantitative estimate of drug-likeness (QED) is 0.654. The maximum absolute atomic E-state index is 11.2. The fourth-order valence-corrected chi connectivity index (χ4v) is 2.19. The van der Waals surface area contributed by atoms with Crippen LogP contribution < -0.4 is 0 Å². The zero-order valence-electron chi connectivity index (χ0n) is 8.91. The molecule has 1 fully saturated rings. The minimum absolute atomic E-state index is 0.344. The summed E-state index contributed by atoms with van der Waals surface area (Å²) >= 11 is 0. The third-order valence-corrected chi connectivity index (χ3v) is 3.15. The smallest absolute Gasteiger partial charge is 0.408 e. The van der Waals surface area contributed by atoms with E-state index in [1.807, 2.05) is 20.8 Å². The van der Waals surface area contributed by atoms with E-state index in [1.165, 1.54) is 4.90 Å². The number of hydrogen-bond donors (Lipinski definition) is 1. The van der Waals surface area contributed by atoms with Crippen LogP contribution in [0, 0.1) is 5.41 Å². The molecule has 80 valence electrons.